The van der Waals surface area contributed by atoms with Gasteiger partial charge in [0, 0.05) is 11.8 Å². The van der Waals surface area contributed by atoms with Crippen LogP contribution in [0.2, 0.25) is 0 Å². The maximum atomic E-state index is 13.2. The summed E-state index contributed by atoms with van der Waals surface area (Å²) in [7, 11) is 0. The largest absolute Gasteiger partial charge is 0.253 e. The number of hydrogen-bond donors (Lipinski definition) is 0. The molecule has 0 aromatic carbocycles. The van der Waals surface area contributed by atoms with E-state index in [1.165, 1.54) is 18.5 Å². The van der Waals surface area contributed by atoms with E-state index in [0.29, 0.717) is 11.3 Å². The molecule has 0 aliphatic rings. The molecule has 2 heterocycles. The van der Waals surface area contributed by atoms with Gasteiger partial charge in [0.1, 0.15) is 11.5 Å². The van der Waals surface area contributed by atoms with Gasteiger partial charge < -0.3 is 0 Å². The predicted molar refractivity (Wildman–Crippen MR) is 45.2 cm³/mol. The third kappa shape index (κ3) is 1.51. The molecule has 13 heavy (non-hydrogen) atoms. The van der Waals surface area contributed by atoms with Crippen molar-refractivity contribution in [3.8, 4) is 11.3 Å². The lowest BCUT2D eigenvalue weighted by Crippen LogP contribution is -1.89. The minimum Gasteiger partial charge on any atom is -0.253 e. The van der Waals surface area contributed by atoms with Gasteiger partial charge in [0.25, 0.3) is 0 Å². The van der Waals surface area contributed by atoms with E-state index in [9.17, 15) is 4.39 Å². The molecule has 2 rings (SSSR count). The molecule has 0 atom stereocenters. The molecule has 2 aromatic heterocycles. The summed E-state index contributed by atoms with van der Waals surface area (Å²) >= 11 is 0. The quantitative estimate of drug-likeness (QED) is 0.661. The second-order valence-electron chi connectivity index (χ2n) is 2.46. The highest BCUT2D eigenvalue weighted by Crippen LogP contribution is 2.17. The Kier molecular flexibility index (Phi) is 1.96. The fourth-order valence-electron chi connectivity index (χ4n) is 1.03. The summed E-state index contributed by atoms with van der Waals surface area (Å²) in [5, 5.41) is 7.25. The number of rotatable bonds is 1. The average molecular weight is 175 g/mol. The molecule has 3 nitrogen and oxygen atoms in total. The van der Waals surface area contributed by atoms with Crippen LogP contribution in [-0.2, 0) is 0 Å². The number of pyridine rings is 1. The Balaban J connectivity index is 2.54. The van der Waals surface area contributed by atoms with E-state index in [2.05, 4.69) is 15.2 Å². The lowest BCUT2D eigenvalue weighted by atomic mass is 10.2. The number of nitrogens with zero attached hydrogens (tertiary/aromatic N) is 3. The van der Waals surface area contributed by atoms with Gasteiger partial charge in [0.15, 0.2) is 0 Å². The molecule has 0 saturated carbocycles. The van der Waals surface area contributed by atoms with Crippen LogP contribution in [0.15, 0.2) is 36.8 Å². The van der Waals surface area contributed by atoms with E-state index in [0.717, 1.165) is 0 Å². The monoisotopic (exact) mass is 175 g/mol. The second-order valence-corrected chi connectivity index (χ2v) is 2.46. The molecular weight excluding hydrogens is 169 g/mol. The van der Waals surface area contributed by atoms with Crippen molar-refractivity contribution in [1.82, 2.24) is 15.2 Å². The predicted octanol–water partition coefficient (Wildman–Crippen LogP) is 1.68. The highest BCUT2D eigenvalue weighted by Gasteiger charge is 2.04. The van der Waals surface area contributed by atoms with Gasteiger partial charge in [0.2, 0.25) is 0 Å². The summed E-state index contributed by atoms with van der Waals surface area (Å²) in [6.07, 6.45) is 4.52. The first-order chi connectivity index (χ1) is 6.38. The van der Waals surface area contributed by atoms with E-state index in [-0.39, 0.29) is 5.82 Å². The van der Waals surface area contributed by atoms with Crippen LogP contribution in [0.25, 0.3) is 11.3 Å². The number of halogens is 1. The summed E-state index contributed by atoms with van der Waals surface area (Å²) in [4.78, 5) is 3.91. The van der Waals surface area contributed by atoms with Crippen LogP contribution in [0, 0.1) is 5.82 Å². The van der Waals surface area contributed by atoms with E-state index in [1.54, 1.807) is 18.3 Å². The standard InChI is InChI=1S/C9H6FN3/c10-8-2-1-4-11-9(8)7-3-5-12-13-6-7/h1-6H. The van der Waals surface area contributed by atoms with Gasteiger partial charge >= 0.3 is 0 Å². The summed E-state index contributed by atoms with van der Waals surface area (Å²) in [6.45, 7) is 0. The van der Waals surface area contributed by atoms with Crippen molar-refractivity contribution in [2.24, 2.45) is 0 Å². The third-order valence-corrected chi connectivity index (χ3v) is 1.62. The van der Waals surface area contributed by atoms with Gasteiger partial charge in [-0.25, -0.2) is 4.39 Å². The van der Waals surface area contributed by atoms with Crippen molar-refractivity contribution in [3.05, 3.63) is 42.6 Å². The van der Waals surface area contributed by atoms with Crippen LogP contribution in [0.3, 0.4) is 0 Å². The average Bonchev–Trinajstić information content (AvgIpc) is 2.20. The molecule has 0 bridgehead atoms. The molecule has 0 saturated heterocycles. The van der Waals surface area contributed by atoms with Gasteiger partial charge in [-0.05, 0) is 18.2 Å². The maximum Gasteiger partial charge on any atom is 0.149 e. The minimum absolute atomic E-state index is 0.303. The van der Waals surface area contributed by atoms with Crippen molar-refractivity contribution in [2.45, 2.75) is 0 Å². The van der Waals surface area contributed by atoms with E-state index in [1.807, 2.05) is 0 Å². The molecule has 0 aliphatic carbocycles. The fourth-order valence-corrected chi connectivity index (χ4v) is 1.03. The zero-order valence-electron chi connectivity index (χ0n) is 6.68. The molecule has 0 amide bonds. The molecule has 2 aromatic rings. The molecule has 0 radical (unpaired) electrons. The Morgan fingerprint density at radius 1 is 1.08 bits per heavy atom. The van der Waals surface area contributed by atoms with Crippen molar-refractivity contribution in [3.63, 3.8) is 0 Å². The Morgan fingerprint density at radius 2 is 2.00 bits per heavy atom. The summed E-state index contributed by atoms with van der Waals surface area (Å²) in [6, 6.07) is 4.58. The lowest BCUT2D eigenvalue weighted by molar-refractivity contribution is 0.625. The van der Waals surface area contributed by atoms with Gasteiger partial charge in [-0.1, -0.05) is 0 Å². The van der Waals surface area contributed by atoms with Crippen molar-refractivity contribution < 1.29 is 4.39 Å². The summed E-state index contributed by atoms with van der Waals surface area (Å²) in [5.74, 6) is -0.351. The maximum absolute atomic E-state index is 13.2. The molecule has 0 spiro atoms. The molecule has 0 fully saturated rings. The summed E-state index contributed by atoms with van der Waals surface area (Å²) in [5.41, 5.74) is 0.936. The van der Waals surface area contributed by atoms with Crippen LogP contribution in [-0.4, -0.2) is 15.2 Å². The fraction of sp³-hybridized carbons (Fsp3) is 0. The Labute approximate surface area is 74.3 Å². The van der Waals surface area contributed by atoms with Crippen LogP contribution in [0.4, 0.5) is 4.39 Å². The molecular formula is C9H6FN3. The van der Waals surface area contributed by atoms with Gasteiger partial charge in [0.05, 0.1) is 12.4 Å². The smallest absolute Gasteiger partial charge is 0.149 e. The lowest BCUT2D eigenvalue weighted by Gasteiger charge is -1.98. The first kappa shape index (κ1) is 7.79. The third-order valence-electron chi connectivity index (χ3n) is 1.62. The van der Waals surface area contributed by atoms with Gasteiger partial charge in [-0.15, -0.1) is 0 Å². The van der Waals surface area contributed by atoms with Crippen LogP contribution >= 0.6 is 0 Å². The van der Waals surface area contributed by atoms with E-state index >= 15 is 0 Å². The molecule has 0 N–H and O–H groups in total. The Bertz CT molecular complexity index is 403. The summed E-state index contributed by atoms with van der Waals surface area (Å²) < 4.78 is 13.2. The van der Waals surface area contributed by atoms with Crippen molar-refractivity contribution in [2.75, 3.05) is 0 Å². The van der Waals surface area contributed by atoms with Crippen LogP contribution < -0.4 is 0 Å². The Morgan fingerprint density at radius 3 is 2.69 bits per heavy atom. The van der Waals surface area contributed by atoms with Gasteiger partial charge in [-0.3, -0.25) is 4.98 Å². The van der Waals surface area contributed by atoms with E-state index < -0.39 is 0 Å². The Hall–Kier alpha value is -1.84. The normalized spacial score (nSPS) is 9.92. The van der Waals surface area contributed by atoms with Gasteiger partial charge in [-0.2, -0.15) is 10.2 Å². The SMILES string of the molecule is Fc1cccnc1-c1ccnnc1. The van der Waals surface area contributed by atoms with Crippen LogP contribution in [0.1, 0.15) is 0 Å². The molecule has 64 valence electrons. The second kappa shape index (κ2) is 3.26. The number of aromatic nitrogens is 3. The molecule has 0 aliphatic heterocycles. The van der Waals surface area contributed by atoms with Crippen LogP contribution in [0.5, 0.6) is 0 Å². The minimum atomic E-state index is -0.351. The highest BCUT2D eigenvalue weighted by molar-refractivity contribution is 5.57. The highest BCUT2D eigenvalue weighted by atomic mass is 19.1. The zero-order valence-corrected chi connectivity index (χ0v) is 6.68. The first-order valence-corrected chi connectivity index (χ1v) is 3.75. The van der Waals surface area contributed by atoms with E-state index in [4.69, 9.17) is 0 Å². The molecule has 4 heteroatoms. The molecule has 0 unspecified atom stereocenters. The zero-order chi connectivity index (χ0) is 9.10. The van der Waals surface area contributed by atoms with Crippen molar-refractivity contribution in [1.29, 1.82) is 0 Å². The first-order valence-electron chi connectivity index (χ1n) is 3.75. The topological polar surface area (TPSA) is 38.7 Å². The van der Waals surface area contributed by atoms with Crippen molar-refractivity contribution >= 4 is 0 Å². The number of hydrogen-bond acceptors (Lipinski definition) is 3.